The largest absolute Gasteiger partial charge is 0.345 e. The summed E-state index contributed by atoms with van der Waals surface area (Å²) in [7, 11) is 0. The molecule has 0 unspecified atom stereocenters. The van der Waals surface area contributed by atoms with Crippen molar-refractivity contribution in [3.8, 4) is 0 Å². The molecule has 0 spiro atoms. The minimum atomic E-state index is -2.58. The molecular formula is C7H5Br2Cl3Si. The summed E-state index contributed by atoms with van der Waals surface area (Å²) in [5.41, 5.74) is 1.04. The van der Waals surface area contributed by atoms with E-state index in [2.05, 4.69) is 31.9 Å². The van der Waals surface area contributed by atoms with Gasteiger partial charge in [0.25, 0.3) is 0 Å². The van der Waals surface area contributed by atoms with E-state index in [1.54, 1.807) is 0 Å². The first-order valence-electron chi connectivity index (χ1n) is 3.39. The lowest BCUT2D eigenvalue weighted by Gasteiger charge is -2.09. The van der Waals surface area contributed by atoms with Crippen molar-refractivity contribution in [3.05, 3.63) is 32.7 Å². The van der Waals surface area contributed by atoms with Crippen LogP contribution in [0.15, 0.2) is 27.1 Å². The Bertz CT molecular complexity index is 311. The van der Waals surface area contributed by atoms with Gasteiger partial charge in [0.05, 0.1) is 0 Å². The zero-order chi connectivity index (χ0) is 10.1. The van der Waals surface area contributed by atoms with E-state index in [9.17, 15) is 0 Å². The summed E-state index contributed by atoms with van der Waals surface area (Å²) in [5, 5.41) is 0. The van der Waals surface area contributed by atoms with Crippen LogP contribution in [0, 0.1) is 0 Å². The molecule has 13 heavy (non-hydrogen) atoms. The van der Waals surface area contributed by atoms with Gasteiger partial charge < -0.3 is 0 Å². The molecule has 0 radical (unpaired) electrons. The summed E-state index contributed by atoms with van der Waals surface area (Å²) < 4.78 is 1.98. The molecule has 1 aromatic rings. The zero-order valence-electron chi connectivity index (χ0n) is 6.33. The van der Waals surface area contributed by atoms with Gasteiger partial charge in [-0.2, -0.15) is 0 Å². The fourth-order valence-corrected chi connectivity index (χ4v) is 4.36. The van der Waals surface area contributed by atoms with Gasteiger partial charge >= 0.3 is 6.00 Å². The van der Waals surface area contributed by atoms with Crippen LogP contribution in [0.4, 0.5) is 0 Å². The first-order valence-corrected chi connectivity index (χ1v) is 10.2. The highest BCUT2D eigenvalue weighted by Gasteiger charge is 2.26. The monoisotopic (exact) mass is 380 g/mol. The summed E-state index contributed by atoms with van der Waals surface area (Å²) in [6.07, 6.45) is 0. The van der Waals surface area contributed by atoms with Crippen LogP contribution in [0.3, 0.4) is 0 Å². The van der Waals surface area contributed by atoms with Crippen LogP contribution >= 0.6 is 65.1 Å². The van der Waals surface area contributed by atoms with Crippen molar-refractivity contribution in [1.29, 1.82) is 0 Å². The van der Waals surface area contributed by atoms with Crippen LogP contribution in [-0.2, 0) is 6.04 Å². The van der Waals surface area contributed by atoms with Gasteiger partial charge in [-0.25, -0.2) is 0 Å². The smallest absolute Gasteiger partial charge is 0.126 e. The van der Waals surface area contributed by atoms with Crippen molar-refractivity contribution < 1.29 is 0 Å². The van der Waals surface area contributed by atoms with Gasteiger partial charge in [-0.05, 0) is 17.7 Å². The van der Waals surface area contributed by atoms with Gasteiger partial charge in [-0.15, -0.1) is 33.2 Å². The van der Waals surface area contributed by atoms with Crippen LogP contribution in [0.1, 0.15) is 5.56 Å². The van der Waals surface area contributed by atoms with E-state index in [0.29, 0.717) is 6.04 Å². The fraction of sp³-hybridized carbons (Fsp3) is 0.143. The van der Waals surface area contributed by atoms with Gasteiger partial charge in [-0.3, -0.25) is 0 Å². The third-order valence-electron chi connectivity index (χ3n) is 1.41. The minimum absolute atomic E-state index is 0.533. The molecule has 0 saturated carbocycles. The average molecular weight is 383 g/mol. The molecule has 1 rings (SSSR count). The van der Waals surface area contributed by atoms with E-state index >= 15 is 0 Å². The molecule has 0 nitrogen and oxygen atoms in total. The molecule has 72 valence electrons. The highest BCUT2D eigenvalue weighted by atomic mass is 79.9. The summed E-state index contributed by atoms with van der Waals surface area (Å²) in [4.78, 5) is 0. The zero-order valence-corrected chi connectivity index (χ0v) is 12.8. The Balaban J connectivity index is 2.90. The first kappa shape index (κ1) is 12.3. The molecule has 0 aliphatic heterocycles. The molecule has 0 aliphatic rings. The van der Waals surface area contributed by atoms with Crippen molar-refractivity contribution in [1.82, 2.24) is 0 Å². The Hall–Kier alpha value is 1.27. The van der Waals surface area contributed by atoms with Gasteiger partial charge in [0.1, 0.15) is 0 Å². The molecule has 0 amide bonds. The second-order valence-electron chi connectivity index (χ2n) is 2.53. The van der Waals surface area contributed by atoms with Crippen LogP contribution < -0.4 is 0 Å². The quantitative estimate of drug-likeness (QED) is 0.501. The molecule has 0 N–H and O–H groups in total. The van der Waals surface area contributed by atoms with Gasteiger partial charge in [0, 0.05) is 15.0 Å². The standard InChI is InChI=1S/C7H5Br2Cl3Si/c8-6-2-1-5(7(9)3-6)4-13(10,11)12/h1-3H,4H2. The second-order valence-corrected chi connectivity index (χ2v) is 13.4. The molecule has 0 aliphatic carbocycles. The fourth-order valence-electron chi connectivity index (χ4n) is 0.881. The molecule has 0 fully saturated rings. The lowest BCUT2D eigenvalue weighted by atomic mass is 10.2. The number of benzene rings is 1. The van der Waals surface area contributed by atoms with E-state index in [1.807, 2.05) is 18.2 Å². The summed E-state index contributed by atoms with van der Waals surface area (Å²) >= 11 is 24.2. The lowest BCUT2D eigenvalue weighted by Crippen LogP contribution is -2.14. The Kier molecular flexibility index (Phi) is 4.61. The predicted molar refractivity (Wildman–Crippen MR) is 68.9 cm³/mol. The number of hydrogen-bond acceptors (Lipinski definition) is 0. The highest BCUT2D eigenvalue weighted by Crippen LogP contribution is 2.29. The Morgan fingerprint density at radius 3 is 2.23 bits per heavy atom. The second kappa shape index (κ2) is 4.86. The Morgan fingerprint density at radius 2 is 1.77 bits per heavy atom. The molecular weight excluding hydrogens is 378 g/mol. The molecule has 0 atom stereocenters. The molecule has 0 bridgehead atoms. The van der Waals surface area contributed by atoms with Crippen molar-refractivity contribution >= 4 is 71.1 Å². The van der Waals surface area contributed by atoms with Gasteiger partial charge in [0.15, 0.2) is 0 Å². The molecule has 1 aromatic carbocycles. The summed E-state index contributed by atoms with van der Waals surface area (Å²) in [6, 6.07) is 3.79. The van der Waals surface area contributed by atoms with Crippen molar-refractivity contribution in [2.75, 3.05) is 0 Å². The number of halogens is 5. The third-order valence-corrected chi connectivity index (χ3v) is 4.62. The van der Waals surface area contributed by atoms with Gasteiger partial charge in [0.2, 0.25) is 0 Å². The third kappa shape index (κ3) is 4.54. The Labute approximate surface area is 109 Å². The molecule has 0 saturated heterocycles. The van der Waals surface area contributed by atoms with Gasteiger partial charge in [-0.1, -0.05) is 37.9 Å². The SMILES string of the molecule is Cl[Si](Cl)(Cl)Cc1ccc(Br)cc1Br. The van der Waals surface area contributed by atoms with E-state index in [-0.39, 0.29) is 0 Å². The molecule has 6 heteroatoms. The minimum Gasteiger partial charge on any atom is -0.126 e. The van der Waals surface area contributed by atoms with E-state index < -0.39 is 6.00 Å². The van der Waals surface area contributed by atoms with E-state index in [0.717, 1.165) is 14.5 Å². The van der Waals surface area contributed by atoms with Crippen LogP contribution in [0.25, 0.3) is 0 Å². The normalized spacial score (nSPS) is 11.8. The maximum Gasteiger partial charge on any atom is 0.345 e. The topological polar surface area (TPSA) is 0 Å². The maximum atomic E-state index is 5.82. The van der Waals surface area contributed by atoms with Crippen LogP contribution in [0.2, 0.25) is 0 Å². The summed E-state index contributed by atoms with van der Waals surface area (Å²) in [6.45, 7) is 0. The lowest BCUT2D eigenvalue weighted by molar-refractivity contribution is 1.34. The predicted octanol–water partition coefficient (Wildman–Crippen LogP) is 4.95. The number of hydrogen-bond donors (Lipinski definition) is 0. The highest BCUT2D eigenvalue weighted by molar-refractivity contribution is 9.11. The number of rotatable bonds is 2. The maximum absolute atomic E-state index is 5.82. The van der Waals surface area contributed by atoms with Crippen molar-refractivity contribution in [2.45, 2.75) is 6.04 Å². The van der Waals surface area contributed by atoms with E-state index in [4.69, 9.17) is 33.2 Å². The van der Waals surface area contributed by atoms with Crippen LogP contribution in [-0.4, -0.2) is 6.00 Å². The van der Waals surface area contributed by atoms with Crippen molar-refractivity contribution in [2.24, 2.45) is 0 Å². The summed E-state index contributed by atoms with van der Waals surface area (Å²) in [5.74, 6) is 0. The average Bonchev–Trinajstić information content (AvgIpc) is 1.93. The van der Waals surface area contributed by atoms with Crippen molar-refractivity contribution in [3.63, 3.8) is 0 Å². The van der Waals surface area contributed by atoms with Crippen LogP contribution in [0.5, 0.6) is 0 Å². The first-order chi connectivity index (χ1) is 5.88. The molecule has 0 aromatic heterocycles. The van der Waals surface area contributed by atoms with E-state index in [1.165, 1.54) is 0 Å². The molecule has 0 heterocycles. The Morgan fingerprint density at radius 1 is 1.15 bits per heavy atom.